The predicted octanol–water partition coefficient (Wildman–Crippen LogP) is 1.57. The number of ether oxygens (including phenoxy) is 2. The minimum atomic E-state index is -0.983. The Kier molecular flexibility index (Phi) is 3.89. The molecule has 0 aromatic heterocycles. The highest BCUT2D eigenvalue weighted by molar-refractivity contribution is 9.10. The monoisotopic (exact) mass is 361 g/mol. The number of guanidine groups is 1. The molecule has 20 heavy (non-hydrogen) atoms. The fraction of sp³-hybridized carbons (Fsp3) is 0.636. The van der Waals surface area contributed by atoms with Crippen LogP contribution in [0.5, 0.6) is 0 Å². The van der Waals surface area contributed by atoms with E-state index >= 15 is 0 Å². The summed E-state index contributed by atoms with van der Waals surface area (Å²) >= 11 is 9.49. The van der Waals surface area contributed by atoms with Gasteiger partial charge in [-0.1, -0.05) is 11.6 Å². The first-order chi connectivity index (χ1) is 9.64. The molecule has 1 unspecified atom stereocenters. The Hall–Kier alpha value is -0.830. The van der Waals surface area contributed by atoms with Gasteiger partial charge in [-0.3, -0.25) is 4.90 Å². The van der Waals surface area contributed by atoms with Crippen LogP contribution >= 0.6 is 27.5 Å². The van der Waals surface area contributed by atoms with Gasteiger partial charge < -0.3 is 9.47 Å². The number of nitrogens with zero attached hydrogens (tertiary/aromatic N) is 5. The van der Waals surface area contributed by atoms with Gasteiger partial charge in [-0.15, -0.1) is 0 Å². The number of aliphatic imine (C=N–C) groups is 4. The molecular weight excluding hydrogens is 350 g/mol. The summed E-state index contributed by atoms with van der Waals surface area (Å²) in [5.74, 6) is 0.471. The Morgan fingerprint density at radius 1 is 1.50 bits per heavy atom. The minimum absolute atomic E-state index is 0.275. The molecule has 0 aromatic carbocycles. The summed E-state index contributed by atoms with van der Waals surface area (Å²) in [6.45, 7) is 3.93. The molecule has 0 amide bonds. The summed E-state index contributed by atoms with van der Waals surface area (Å²) in [6.07, 6.45) is 1.78. The molecule has 1 atom stereocenters. The van der Waals surface area contributed by atoms with Crippen molar-refractivity contribution in [3.8, 4) is 0 Å². The van der Waals surface area contributed by atoms with Crippen LogP contribution in [0.25, 0.3) is 0 Å². The van der Waals surface area contributed by atoms with Crippen LogP contribution in [-0.4, -0.2) is 58.8 Å². The zero-order valence-electron chi connectivity index (χ0n) is 10.8. The zero-order chi connectivity index (χ0) is 14.2. The van der Waals surface area contributed by atoms with Crippen LogP contribution in [0.15, 0.2) is 20.0 Å². The lowest BCUT2D eigenvalue weighted by atomic mass is 10.3. The number of alkyl halides is 1. The summed E-state index contributed by atoms with van der Waals surface area (Å²) in [5.41, 5.74) is 0.478. The quantitative estimate of drug-likeness (QED) is 0.553. The van der Waals surface area contributed by atoms with E-state index in [9.17, 15) is 0 Å². The Labute approximate surface area is 129 Å². The van der Waals surface area contributed by atoms with E-state index in [1.165, 1.54) is 6.34 Å². The van der Waals surface area contributed by atoms with Gasteiger partial charge in [0.2, 0.25) is 12.4 Å². The van der Waals surface area contributed by atoms with Gasteiger partial charge >= 0.3 is 0 Å². The second kappa shape index (κ2) is 5.51. The van der Waals surface area contributed by atoms with Gasteiger partial charge in [-0.2, -0.15) is 0 Å². The topological polar surface area (TPSA) is 71.1 Å². The number of hydrogen-bond acceptors (Lipinski definition) is 7. The molecule has 0 saturated carbocycles. The highest BCUT2D eigenvalue weighted by atomic mass is 79.9. The van der Waals surface area contributed by atoms with Crippen molar-refractivity contribution < 1.29 is 9.47 Å². The molecule has 0 N–H and O–H groups in total. The first-order valence-corrected chi connectivity index (χ1v) is 7.46. The van der Waals surface area contributed by atoms with Gasteiger partial charge in [0.1, 0.15) is 12.1 Å². The Bertz CT molecular complexity index is 529. The average Bonchev–Trinajstić information content (AvgIpc) is 2.80. The van der Waals surface area contributed by atoms with Gasteiger partial charge in [-0.25, -0.2) is 20.0 Å². The third-order valence-corrected chi connectivity index (χ3v) is 4.05. The third-order valence-electron chi connectivity index (χ3n) is 3.02. The maximum absolute atomic E-state index is 6.05. The van der Waals surface area contributed by atoms with Crippen molar-refractivity contribution in [3.05, 3.63) is 0 Å². The van der Waals surface area contributed by atoms with Crippen LogP contribution in [-0.2, 0) is 9.47 Å². The van der Waals surface area contributed by atoms with Gasteiger partial charge in [0.15, 0.2) is 5.17 Å². The molecule has 3 heterocycles. The maximum atomic E-state index is 6.05. The lowest BCUT2D eigenvalue weighted by molar-refractivity contribution is -0.232. The smallest absolute Gasteiger partial charge is 0.256 e. The molecule has 1 fully saturated rings. The van der Waals surface area contributed by atoms with Crippen LogP contribution in [0.1, 0.15) is 13.3 Å². The van der Waals surface area contributed by atoms with Crippen molar-refractivity contribution >= 4 is 50.7 Å². The summed E-state index contributed by atoms with van der Waals surface area (Å²) in [6, 6.07) is 0. The Morgan fingerprint density at radius 3 is 2.90 bits per heavy atom. The largest absolute Gasteiger partial charge is 0.335 e. The molecule has 0 spiro atoms. The van der Waals surface area contributed by atoms with Crippen LogP contribution in [0.2, 0.25) is 0 Å². The summed E-state index contributed by atoms with van der Waals surface area (Å²) in [5, 5.41) is 0.275. The predicted molar refractivity (Wildman–Crippen MR) is 81.0 cm³/mol. The summed E-state index contributed by atoms with van der Waals surface area (Å²) in [7, 11) is 0. The van der Waals surface area contributed by atoms with Crippen molar-refractivity contribution in [2.45, 2.75) is 24.3 Å². The first kappa shape index (κ1) is 14.1. The van der Waals surface area contributed by atoms with Crippen molar-refractivity contribution in [1.82, 2.24) is 4.90 Å². The van der Waals surface area contributed by atoms with Gasteiger partial charge in [0, 0.05) is 6.54 Å². The van der Waals surface area contributed by atoms with E-state index in [1.54, 1.807) is 0 Å². The van der Waals surface area contributed by atoms with Crippen molar-refractivity contribution in [2.24, 2.45) is 20.0 Å². The molecule has 0 bridgehead atoms. The van der Waals surface area contributed by atoms with E-state index in [1.807, 2.05) is 11.8 Å². The molecule has 1 saturated heterocycles. The van der Waals surface area contributed by atoms with Crippen LogP contribution in [0.3, 0.4) is 0 Å². The molecule has 3 aliphatic rings. The van der Waals surface area contributed by atoms with Crippen LogP contribution in [0.4, 0.5) is 0 Å². The molecule has 0 radical (unpaired) electrons. The van der Waals surface area contributed by atoms with E-state index in [2.05, 4.69) is 35.9 Å². The molecule has 7 nitrogen and oxygen atoms in total. The average molecular weight is 363 g/mol. The van der Waals surface area contributed by atoms with Gasteiger partial charge in [0.05, 0.1) is 13.2 Å². The maximum Gasteiger partial charge on any atom is 0.256 e. The summed E-state index contributed by atoms with van der Waals surface area (Å²) < 4.78 is 10.2. The van der Waals surface area contributed by atoms with Crippen LogP contribution in [0, 0.1) is 0 Å². The molecule has 3 aliphatic heterocycles. The normalized spacial score (nSPS) is 29.6. The fourth-order valence-electron chi connectivity index (χ4n) is 2.03. The molecule has 3 rings (SSSR count). The zero-order valence-corrected chi connectivity index (χ0v) is 13.1. The lowest BCUT2D eigenvalue weighted by Gasteiger charge is -2.32. The number of fused-ring (bicyclic) bond motifs is 1. The van der Waals surface area contributed by atoms with Crippen LogP contribution < -0.4 is 0 Å². The van der Waals surface area contributed by atoms with Crippen molar-refractivity contribution in [2.75, 3.05) is 19.8 Å². The minimum Gasteiger partial charge on any atom is -0.335 e. The number of hydrogen-bond donors (Lipinski definition) is 0. The molecule has 0 aromatic rings. The van der Waals surface area contributed by atoms with E-state index in [0.29, 0.717) is 31.4 Å². The molecule has 9 heteroatoms. The molecule has 108 valence electrons. The highest BCUT2D eigenvalue weighted by Gasteiger charge is 2.43. The second-order valence-electron chi connectivity index (χ2n) is 4.31. The Morgan fingerprint density at radius 2 is 2.25 bits per heavy atom. The van der Waals surface area contributed by atoms with Gasteiger partial charge in [0.25, 0.3) is 4.57 Å². The third kappa shape index (κ3) is 2.41. The molecule has 0 aliphatic carbocycles. The van der Waals surface area contributed by atoms with Crippen molar-refractivity contribution in [1.29, 1.82) is 0 Å². The lowest BCUT2D eigenvalue weighted by Crippen LogP contribution is -2.45. The number of halogens is 2. The molecular formula is C11H13BrClN5O2. The van der Waals surface area contributed by atoms with Gasteiger partial charge in [-0.05, 0) is 29.3 Å². The number of rotatable bonds is 2. The standard InChI is InChI=1S/C11H13BrClN5O2/c1-2-18(10-19-4-3-5-20-10)9-16-7-8(13)14-6-15-11(7,12)17-9/h6,10H,2-5H2,1H3. The van der Waals surface area contributed by atoms with E-state index < -0.39 is 11.0 Å². The SMILES string of the molecule is CCN(C1=NC2(Br)N=CN=C(Cl)C2=N1)C1OCCCO1. The second-order valence-corrected chi connectivity index (χ2v) is 5.78. The Balaban J connectivity index is 1.88. The highest BCUT2D eigenvalue weighted by Crippen LogP contribution is 2.33. The fourth-order valence-corrected chi connectivity index (χ4v) is 2.89. The van der Waals surface area contributed by atoms with E-state index in [4.69, 9.17) is 21.1 Å². The first-order valence-electron chi connectivity index (χ1n) is 6.29. The van der Waals surface area contributed by atoms with E-state index in [-0.39, 0.29) is 5.17 Å². The van der Waals surface area contributed by atoms with E-state index in [0.717, 1.165) is 6.42 Å². The van der Waals surface area contributed by atoms with Crippen molar-refractivity contribution in [3.63, 3.8) is 0 Å². The summed E-state index contributed by atoms with van der Waals surface area (Å²) in [4.78, 5) is 18.8.